The molecule has 1 aromatic heterocycles. The van der Waals surface area contributed by atoms with Gasteiger partial charge in [0.05, 0.1) is 5.38 Å². The van der Waals surface area contributed by atoms with Crippen LogP contribution in [0.5, 0.6) is 0 Å². The van der Waals surface area contributed by atoms with Gasteiger partial charge < -0.3 is 0 Å². The van der Waals surface area contributed by atoms with E-state index in [-0.39, 0.29) is 0 Å². The predicted molar refractivity (Wildman–Crippen MR) is 114 cm³/mol. The number of halogens is 2. The molecule has 2 atom stereocenters. The summed E-state index contributed by atoms with van der Waals surface area (Å²) in [5.74, 6) is 0.342. The molecule has 1 aliphatic rings. The molecule has 7 nitrogen and oxygen atoms in total. The van der Waals surface area contributed by atoms with Gasteiger partial charge in [-0.05, 0) is 34.6 Å². The molecule has 3 aromatic rings. The molecule has 0 amide bonds. The van der Waals surface area contributed by atoms with Gasteiger partial charge in [-0.3, -0.25) is 4.72 Å². The number of tetrazole rings is 1. The SMILES string of the molecule is O=S(=O)(Nc1cccc(-c2nn[nH]n2)c1)C1(Cl)C=CC(c2ccccc2)=CC1Cl. The third-order valence-corrected chi connectivity index (χ3v) is 7.83. The average molecular weight is 448 g/mol. The molecule has 0 bridgehead atoms. The highest BCUT2D eigenvalue weighted by Gasteiger charge is 2.47. The number of hydrogen-bond acceptors (Lipinski definition) is 5. The lowest BCUT2D eigenvalue weighted by Gasteiger charge is -2.30. The van der Waals surface area contributed by atoms with E-state index in [0.29, 0.717) is 17.1 Å². The van der Waals surface area contributed by atoms with Crippen LogP contribution in [0.3, 0.4) is 0 Å². The number of sulfonamides is 1. The summed E-state index contributed by atoms with van der Waals surface area (Å²) in [6, 6.07) is 16.1. The Morgan fingerprint density at radius 1 is 1.07 bits per heavy atom. The highest BCUT2D eigenvalue weighted by molar-refractivity contribution is 7.95. The van der Waals surface area contributed by atoms with Crippen LogP contribution in [0.4, 0.5) is 5.69 Å². The van der Waals surface area contributed by atoms with Crippen LogP contribution < -0.4 is 4.72 Å². The topological polar surface area (TPSA) is 101 Å². The quantitative estimate of drug-likeness (QED) is 0.579. The van der Waals surface area contributed by atoms with E-state index in [0.717, 1.165) is 11.1 Å². The zero-order valence-corrected chi connectivity index (χ0v) is 17.2. The Labute approximate surface area is 177 Å². The second-order valence-corrected chi connectivity index (χ2v) is 9.55. The molecule has 2 aromatic carbocycles. The third kappa shape index (κ3) is 3.78. The largest absolute Gasteiger partial charge is 0.282 e. The van der Waals surface area contributed by atoms with Gasteiger partial charge in [-0.1, -0.05) is 66.2 Å². The lowest BCUT2D eigenvalue weighted by atomic mass is 9.99. The number of H-pyrrole nitrogens is 1. The number of anilines is 1. The van der Waals surface area contributed by atoms with Crippen molar-refractivity contribution in [2.24, 2.45) is 0 Å². The summed E-state index contributed by atoms with van der Waals surface area (Å²) < 4.78 is 26.8. The number of benzene rings is 2. The summed E-state index contributed by atoms with van der Waals surface area (Å²) in [7, 11) is -4.09. The van der Waals surface area contributed by atoms with E-state index >= 15 is 0 Å². The van der Waals surface area contributed by atoms with Gasteiger partial charge in [0.1, 0.15) is 0 Å². The lowest BCUT2D eigenvalue weighted by Crippen LogP contribution is -2.43. The van der Waals surface area contributed by atoms with Gasteiger partial charge >= 0.3 is 0 Å². The number of rotatable bonds is 5. The van der Waals surface area contributed by atoms with Crippen molar-refractivity contribution in [2.75, 3.05) is 4.72 Å². The highest BCUT2D eigenvalue weighted by atomic mass is 35.5. The molecule has 0 aliphatic heterocycles. The Kier molecular flexibility index (Phi) is 5.16. The number of nitrogens with zero attached hydrogens (tertiary/aromatic N) is 3. The van der Waals surface area contributed by atoms with Crippen LogP contribution in [-0.4, -0.2) is 38.6 Å². The first-order chi connectivity index (χ1) is 13.9. The molecule has 0 fully saturated rings. The Morgan fingerprint density at radius 3 is 2.52 bits per heavy atom. The van der Waals surface area contributed by atoms with Gasteiger partial charge in [0.15, 0.2) is 0 Å². The number of allylic oxidation sites excluding steroid dienone is 3. The minimum atomic E-state index is -4.09. The molecule has 0 saturated heterocycles. The zero-order valence-electron chi connectivity index (χ0n) is 14.8. The van der Waals surface area contributed by atoms with Crippen LogP contribution >= 0.6 is 23.2 Å². The molecular weight excluding hydrogens is 433 g/mol. The second kappa shape index (κ2) is 7.62. The van der Waals surface area contributed by atoms with Crippen molar-refractivity contribution < 1.29 is 8.42 Å². The summed E-state index contributed by atoms with van der Waals surface area (Å²) >= 11 is 12.9. The molecule has 0 spiro atoms. The van der Waals surface area contributed by atoms with Gasteiger partial charge in [0.25, 0.3) is 10.0 Å². The van der Waals surface area contributed by atoms with E-state index in [4.69, 9.17) is 23.2 Å². The number of nitrogens with one attached hydrogen (secondary N) is 2. The van der Waals surface area contributed by atoms with E-state index in [2.05, 4.69) is 25.3 Å². The third-order valence-electron chi connectivity index (χ3n) is 4.43. The maximum Gasteiger partial charge on any atom is 0.258 e. The lowest BCUT2D eigenvalue weighted by molar-refractivity contribution is 0.588. The van der Waals surface area contributed by atoms with Crippen molar-refractivity contribution in [1.82, 2.24) is 20.6 Å². The standard InChI is InChI=1S/C19H15Cl2N5O2S/c20-17-12-14(13-5-2-1-3-6-13)9-10-19(17,21)29(27,28)24-16-8-4-7-15(11-16)18-22-25-26-23-18/h1-12,17,24H,(H,22,23,25,26). The van der Waals surface area contributed by atoms with Crippen LogP contribution in [0, 0.1) is 0 Å². The molecular formula is C19H15Cl2N5O2S. The van der Waals surface area contributed by atoms with E-state index in [1.54, 1.807) is 36.4 Å². The van der Waals surface area contributed by atoms with Crippen LogP contribution in [0.1, 0.15) is 5.56 Å². The molecule has 0 saturated carbocycles. The Morgan fingerprint density at radius 2 is 1.83 bits per heavy atom. The van der Waals surface area contributed by atoms with Gasteiger partial charge in [0, 0.05) is 11.3 Å². The van der Waals surface area contributed by atoms with Crippen LogP contribution in [0.25, 0.3) is 17.0 Å². The first-order valence-corrected chi connectivity index (χ1v) is 10.8. The van der Waals surface area contributed by atoms with Crippen molar-refractivity contribution in [3.05, 3.63) is 78.4 Å². The minimum Gasteiger partial charge on any atom is -0.282 e. The van der Waals surface area contributed by atoms with Gasteiger partial charge in [-0.2, -0.15) is 5.21 Å². The van der Waals surface area contributed by atoms with Crippen molar-refractivity contribution >= 4 is 44.5 Å². The summed E-state index contributed by atoms with van der Waals surface area (Å²) in [6.07, 6.45) is 4.70. The maximum atomic E-state index is 13.1. The normalized spacial score (nSPS) is 21.6. The molecule has 1 heterocycles. The summed E-state index contributed by atoms with van der Waals surface area (Å²) in [6.45, 7) is 0. The number of aromatic amines is 1. The predicted octanol–water partition coefficient (Wildman–Crippen LogP) is 3.80. The summed E-state index contributed by atoms with van der Waals surface area (Å²) in [4.78, 5) is 0. The Balaban J connectivity index is 1.60. The van der Waals surface area contributed by atoms with E-state index in [9.17, 15) is 8.42 Å². The molecule has 2 unspecified atom stereocenters. The maximum absolute atomic E-state index is 13.1. The molecule has 4 rings (SSSR count). The van der Waals surface area contributed by atoms with Crippen molar-refractivity contribution in [1.29, 1.82) is 0 Å². The smallest absolute Gasteiger partial charge is 0.258 e. The van der Waals surface area contributed by atoms with E-state index in [1.165, 1.54) is 6.08 Å². The first-order valence-electron chi connectivity index (χ1n) is 8.55. The highest BCUT2D eigenvalue weighted by Crippen LogP contribution is 2.40. The van der Waals surface area contributed by atoms with Gasteiger partial charge in [-0.25, -0.2) is 8.42 Å². The van der Waals surface area contributed by atoms with E-state index < -0.39 is 19.6 Å². The molecule has 29 heavy (non-hydrogen) atoms. The van der Waals surface area contributed by atoms with Crippen molar-refractivity contribution in [3.63, 3.8) is 0 Å². The fourth-order valence-electron chi connectivity index (χ4n) is 2.92. The van der Waals surface area contributed by atoms with Crippen molar-refractivity contribution in [2.45, 2.75) is 9.58 Å². The second-order valence-electron chi connectivity index (χ2n) is 6.34. The first kappa shape index (κ1) is 19.6. The average Bonchev–Trinajstić information content (AvgIpc) is 3.25. The van der Waals surface area contributed by atoms with Crippen LogP contribution in [-0.2, 0) is 10.0 Å². The summed E-state index contributed by atoms with van der Waals surface area (Å²) in [5.41, 5.74) is 2.63. The zero-order chi connectivity index (χ0) is 20.5. The number of alkyl halides is 2. The molecule has 10 heteroatoms. The molecule has 148 valence electrons. The van der Waals surface area contributed by atoms with Crippen LogP contribution in [0.15, 0.2) is 72.8 Å². The van der Waals surface area contributed by atoms with Gasteiger partial charge in [0.2, 0.25) is 10.0 Å². The van der Waals surface area contributed by atoms with Gasteiger partial charge in [-0.15, -0.1) is 21.8 Å². The number of hydrogen-bond donors (Lipinski definition) is 2. The fraction of sp³-hybridized carbons (Fsp3) is 0.105. The Hall–Kier alpha value is -2.68. The number of aromatic nitrogens is 4. The van der Waals surface area contributed by atoms with E-state index in [1.807, 2.05) is 30.3 Å². The van der Waals surface area contributed by atoms with Crippen LogP contribution in [0.2, 0.25) is 0 Å². The fourth-order valence-corrected chi connectivity index (χ4v) is 4.93. The minimum absolute atomic E-state index is 0.308. The molecule has 0 radical (unpaired) electrons. The Bertz CT molecular complexity index is 1180. The molecule has 2 N–H and O–H groups in total. The molecule has 1 aliphatic carbocycles. The monoisotopic (exact) mass is 447 g/mol. The summed E-state index contributed by atoms with van der Waals surface area (Å²) in [5, 5.41) is 12.6. The van der Waals surface area contributed by atoms with Crippen molar-refractivity contribution in [3.8, 4) is 11.4 Å².